The first-order valence-electron chi connectivity index (χ1n) is 11.1. The van der Waals surface area contributed by atoms with E-state index in [4.69, 9.17) is 14.6 Å². The van der Waals surface area contributed by atoms with Gasteiger partial charge in [-0.05, 0) is 45.7 Å². The lowest BCUT2D eigenvalue weighted by atomic mass is 9.76. The van der Waals surface area contributed by atoms with Crippen molar-refractivity contribution < 1.29 is 24.2 Å². The topological polar surface area (TPSA) is 100 Å². The predicted molar refractivity (Wildman–Crippen MR) is 117 cm³/mol. The van der Waals surface area contributed by atoms with Crippen LogP contribution in [0.2, 0.25) is 0 Å². The molecule has 0 bridgehead atoms. The van der Waals surface area contributed by atoms with Crippen LogP contribution < -0.4 is 0 Å². The fourth-order valence-corrected chi connectivity index (χ4v) is 5.78. The maximum absolute atomic E-state index is 13.0. The molecule has 8 nitrogen and oxygen atoms in total. The van der Waals surface area contributed by atoms with Gasteiger partial charge < -0.3 is 14.7 Å². The fourth-order valence-electron chi connectivity index (χ4n) is 4.74. The largest absolute Gasteiger partial charge is 0.483 e. The van der Waals surface area contributed by atoms with Crippen LogP contribution in [0, 0.1) is 12.3 Å². The summed E-state index contributed by atoms with van der Waals surface area (Å²) in [6.45, 7) is 10.2. The first-order chi connectivity index (χ1) is 14.8. The van der Waals surface area contributed by atoms with Gasteiger partial charge in [0, 0.05) is 32.0 Å². The number of hydrogen-bond acceptors (Lipinski definition) is 7. The molecule has 0 aromatic carbocycles. The van der Waals surface area contributed by atoms with Gasteiger partial charge in [-0.15, -0.1) is 11.3 Å². The van der Waals surface area contributed by atoms with Crippen molar-refractivity contribution in [2.75, 3.05) is 32.7 Å². The molecule has 1 aromatic rings. The average molecular weight is 452 g/mol. The molecule has 31 heavy (non-hydrogen) atoms. The van der Waals surface area contributed by atoms with Gasteiger partial charge in [0.2, 0.25) is 0 Å². The minimum Gasteiger partial charge on any atom is -0.483 e. The zero-order chi connectivity index (χ0) is 22.6. The normalized spacial score (nSPS) is 23.0. The van der Waals surface area contributed by atoms with E-state index < -0.39 is 0 Å². The van der Waals surface area contributed by atoms with Gasteiger partial charge in [-0.2, -0.15) is 0 Å². The van der Waals surface area contributed by atoms with Crippen molar-refractivity contribution in [1.29, 1.82) is 0 Å². The summed E-state index contributed by atoms with van der Waals surface area (Å²) >= 11 is 1.51. The summed E-state index contributed by atoms with van der Waals surface area (Å²) in [5.74, 6) is 0.354. The Morgan fingerprint density at radius 1 is 1.29 bits per heavy atom. The number of piperidine rings is 1. The van der Waals surface area contributed by atoms with Gasteiger partial charge >= 0.3 is 5.97 Å². The number of carbonyl (C=O) groups is 3. The third-order valence-electron chi connectivity index (χ3n) is 6.49. The van der Waals surface area contributed by atoms with Gasteiger partial charge in [-0.25, -0.2) is 4.98 Å². The highest BCUT2D eigenvalue weighted by molar-refractivity contribution is 7.13. The zero-order valence-electron chi connectivity index (χ0n) is 18.6. The third-order valence-corrected chi connectivity index (χ3v) is 7.94. The Labute approximate surface area is 187 Å². The molecule has 0 radical (unpaired) electrons. The summed E-state index contributed by atoms with van der Waals surface area (Å²) in [4.78, 5) is 43.7. The number of aromatic nitrogens is 1. The second-order valence-corrected chi connectivity index (χ2v) is 10.1. The summed E-state index contributed by atoms with van der Waals surface area (Å²) in [5, 5.41) is 7.90. The first kappa shape index (κ1) is 23.7. The van der Waals surface area contributed by atoms with Crippen LogP contribution in [0.5, 0.6) is 0 Å². The summed E-state index contributed by atoms with van der Waals surface area (Å²) in [5.41, 5.74) is 0.442. The molecule has 0 aliphatic carbocycles. The number of carbonyl (C=O) groups excluding carboxylic acids is 2. The highest BCUT2D eigenvalue weighted by Gasteiger charge is 2.51. The van der Waals surface area contributed by atoms with Gasteiger partial charge in [0.1, 0.15) is 11.0 Å². The second kappa shape index (κ2) is 10.1. The number of nitrogens with zero attached hydrogens (tertiary/aromatic N) is 3. The molecule has 1 amide bonds. The van der Waals surface area contributed by atoms with Crippen LogP contribution in [0.15, 0.2) is 0 Å². The molecular formula is C22H33N3O5S. The standard InChI is InChI=1S/C21H31N3O3S.CH2O2/c1-14(2)18-22-15(3)17(28-18)19(25)24-10-6-21(7-11-24)12-16(27-20(21)26)13-23-8-4-5-9-23;2-1-3/h14,16H,4-13H2,1-3H3;1H,(H,2,3). The fraction of sp³-hybridized carbons (Fsp3) is 0.727. The van der Waals surface area contributed by atoms with E-state index >= 15 is 0 Å². The van der Waals surface area contributed by atoms with Crippen molar-refractivity contribution in [3.05, 3.63) is 15.6 Å². The average Bonchev–Trinajstić information content (AvgIpc) is 3.44. The van der Waals surface area contributed by atoms with Crippen LogP contribution >= 0.6 is 11.3 Å². The minimum absolute atomic E-state index is 0.0187. The Morgan fingerprint density at radius 2 is 1.90 bits per heavy atom. The summed E-state index contributed by atoms with van der Waals surface area (Å²) in [7, 11) is 0. The van der Waals surface area contributed by atoms with Gasteiger partial charge in [-0.3, -0.25) is 19.3 Å². The van der Waals surface area contributed by atoms with E-state index in [-0.39, 0.29) is 29.9 Å². The van der Waals surface area contributed by atoms with Gasteiger partial charge in [0.05, 0.1) is 16.1 Å². The molecule has 3 saturated heterocycles. The van der Waals surface area contributed by atoms with E-state index in [2.05, 4.69) is 23.7 Å². The van der Waals surface area contributed by atoms with Crippen molar-refractivity contribution in [3.63, 3.8) is 0 Å². The Kier molecular flexibility index (Phi) is 7.69. The lowest BCUT2D eigenvalue weighted by Gasteiger charge is -2.36. The molecule has 1 spiro atoms. The van der Waals surface area contributed by atoms with Crippen molar-refractivity contribution >= 4 is 29.7 Å². The van der Waals surface area contributed by atoms with Crippen LogP contribution in [-0.4, -0.2) is 77.1 Å². The van der Waals surface area contributed by atoms with Gasteiger partial charge in [0.15, 0.2) is 0 Å². The van der Waals surface area contributed by atoms with E-state index in [0.29, 0.717) is 31.8 Å². The number of cyclic esters (lactones) is 1. The van der Waals surface area contributed by atoms with Crippen molar-refractivity contribution in [2.45, 2.75) is 64.9 Å². The minimum atomic E-state index is -0.382. The number of amides is 1. The maximum Gasteiger partial charge on any atom is 0.312 e. The Bertz CT molecular complexity index is 795. The molecule has 3 aliphatic heterocycles. The number of likely N-dealkylation sites (tertiary alicyclic amines) is 2. The molecule has 3 fully saturated rings. The van der Waals surface area contributed by atoms with E-state index in [1.54, 1.807) is 0 Å². The second-order valence-electron chi connectivity index (χ2n) is 9.04. The number of carboxylic acid groups (broad SMARTS) is 1. The van der Waals surface area contributed by atoms with Crippen LogP contribution in [0.1, 0.15) is 72.2 Å². The molecule has 1 unspecified atom stereocenters. The highest BCUT2D eigenvalue weighted by atomic mass is 32.1. The highest BCUT2D eigenvalue weighted by Crippen LogP contribution is 2.43. The SMILES string of the molecule is Cc1nc(C(C)C)sc1C(=O)N1CCC2(CC1)CC(CN1CCCC1)OC2=O.O=CO. The lowest BCUT2D eigenvalue weighted by molar-refractivity contribution is -0.151. The van der Waals surface area contributed by atoms with Crippen LogP contribution in [0.3, 0.4) is 0 Å². The molecule has 1 N–H and O–H groups in total. The number of rotatable bonds is 4. The number of aryl methyl sites for hydroxylation is 1. The predicted octanol–water partition coefficient (Wildman–Crippen LogP) is 2.91. The van der Waals surface area contributed by atoms with Crippen molar-refractivity contribution in [3.8, 4) is 0 Å². The molecule has 1 aromatic heterocycles. The zero-order valence-corrected chi connectivity index (χ0v) is 19.4. The summed E-state index contributed by atoms with van der Waals surface area (Å²) in [6.07, 6.45) is 4.75. The van der Waals surface area contributed by atoms with E-state index in [1.165, 1.54) is 24.2 Å². The number of hydrogen-bond donors (Lipinski definition) is 1. The summed E-state index contributed by atoms with van der Waals surface area (Å²) in [6, 6.07) is 0. The molecule has 9 heteroatoms. The Hall–Kier alpha value is -2.00. The number of ether oxygens (including phenoxy) is 1. The third kappa shape index (κ3) is 5.26. The van der Waals surface area contributed by atoms with Crippen molar-refractivity contribution in [1.82, 2.24) is 14.8 Å². The van der Waals surface area contributed by atoms with Crippen LogP contribution in [-0.2, 0) is 14.3 Å². The van der Waals surface area contributed by atoms with E-state index in [9.17, 15) is 9.59 Å². The lowest BCUT2D eigenvalue weighted by Crippen LogP contribution is -2.45. The van der Waals surface area contributed by atoms with E-state index in [0.717, 1.165) is 41.6 Å². The maximum atomic E-state index is 13.0. The molecule has 4 rings (SSSR count). The van der Waals surface area contributed by atoms with Crippen LogP contribution in [0.4, 0.5) is 0 Å². The quantitative estimate of drug-likeness (QED) is 0.555. The van der Waals surface area contributed by atoms with Gasteiger partial charge in [0.25, 0.3) is 12.4 Å². The summed E-state index contributed by atoms with van der Waals surface area (Å²) < 4.78 is 5.75. The molecule has 1 atom stereocenters. The Balaban J connectivity index is 0.000000858. The number of thiazole rings is 1. The first-order valence-corrected chi connectivity index (χ1v) is 11.9. The molecule has 4 heterocycles. The monoisotopic (exact) mass is 451 g/mol. The van der Waals surface area contributed by atoms with E-state index in [1.807, 2.05) is 11.8 Å². The molecule has 0 saturated carbocycles. The number of esters is 1. The van der Waals surface area contributed by atoms with Crippen molar-refractivity contribution in [2.24, 2.45) is 5.41 Å². The van der Waals surface area contributed by atoms with Crippen LogP contribution in [0.25, 0.3) is 0 Å². The van der Waals surface area contributed by atoms with Gasteiger partial charge in [-0.1, -0.05) is 13.8 Å². The molecule has 172 valence electrons. The Morgan fingerprint density at radius 3 is 2.45 bits per heavy atom. The molecule has 3 aliphatic rings. The smallest absolute Gasteiger partial charge is 0.312 e. The molecular weight excluding hydrogens is 418 g/mol.